The first-order valence-electron chi connectivity index (χ1n) is 8.36. The van der Waals surface area contributed by atoms with Crippen molar-refractivity contribution in [2.75, 3.05) is 13.2 Å². The van der Waals surface area contributed by atoms with Crippen LogP contribution in [0.2, 0.25) is 0 Å². The molecule has 23 heavy (non-hydrogen) atoms. The molecule has 1 aliphatic rings. The van der Waals surface area contributed by atoms with E-state index in [4.69, 9.17) is 18.9 Å². The van der Waals surface area contributed by atoms with E-state index in [1.54, 1.807) is 6.92 Å². The van der Waals surface area contributed by atoms with Gasteiger partial charge in [-0.1, -0.05) is 20.8 Å². The van der Waals surface area contributed by atoms with Crippen molar-refractivity contribution in [2.45, 2.75) is 66.5 Å². The van der Waals surface area contributed by atoms with Crippen molar-refractivity contribution in [3.05, 3.63) is 0 Å². The lowest BCUT2D eigenvalue weighted by Gasteiger charge is -2.43. The number of carbonyl (C=O) groups is 2. The van der Waals surface area contributed by atoms with Crippen molar-refractivity contribution in [3.8, 4) is 0 Å². The van der Waals surface area contributed by atoms with Crippen molar-refractivity contribution in [1.29, 1.82) is 0 Å². The molecule has 0 spiro atoms. The quantitative estimate of drug-likeness (QED) is 0.668. The van der Waals surface area contributed by atoms with Gasteiger partial charge >= 0.3 is 11.9 Å². The first-order chi connectivity index (χ1) is 10.8. The van der Waals surface area contributed by atoms with Crippen molar-refractivity contribution < 1.29 is 28.5 Å². The number of rotatable bonds is 7. The maximum Gasteiger partial charge on any atom is 0.308 e. The highest BCUT2D eigenvalue weighted by atomic mass is 16.7. The van der Waals surface area contributed by atoms with Crippen molar-refractivity contribution >= 4 is 11.9 Å². The Kier molecular flexibility index (Phi) is 7.99. The molecule has 0 aromatic rings. The van der Waals surface area contributed by atoms with Crippen LogP contribution in [0.15, 0.2) is 0 Å². The SMILES string of the molecule is CCOC(=O)CC(C)OC1OC(COC(C)=O)[C@H](C)[C@H](C)C1C. The molecule has 0 amide bonds. The Morgan fingerprint density at radius 3 is 2.30 bits per heavy atom. The van der Waals surface area contributed by atoms with Gasteiger partial charge in [-0.2, -0.15) is 0 Å². The number of hydrogen-bond acceptors (Lipinski definition) is 6. The third-order valence-electron chi connectivity index (χ3n) is 4.56. The zero-order chi connectivity index (χ0) is 17.6. The summed E-state index contributed by atoms with van der Waals surface area (Å²) in [5, 5.41) is 0. The summed E-state index contributed by atoms with van der Waals surface area (Å²) in [5.41, 5.74) is 0. The lowest BCUT2D eigenvalue weighted by Crippen LogP contribution is -2.48. The van der Waals surface area contributed by atoms with Crippen LogP contribution in [0.3, 0.4) is 0 Å². The first kappa shape index (κ1) is 19.9. The molecule has 0 aromatic heterocycles. The number of hydrogen-bond donors (Lipinski definition) is 0. The molecule has 134 valence electrons. The second kappa shape index (κ2) is 9.23. The molecule has 1 fully saturated rings. The maximum atomic E-state index is 11.5. The Bertz CT molecular complexity index is 397. The van der Waals surface area contributed by atoms with E-state index in [0.29, 0.717) is 12.5 Å². The summed E-state index contributed by atoms with van der Waals surface area (Å²) < 4.78 is 21.9. The highest BCUT2D eigenvalue weighted by Crippen LogP contribution is 2.36. The van der Waals surface area contributed by atoms with E-state index < -0.39 is 6.29 Å². The molecule has 1 rings (SSSR count). The van der Waals surface area contributed by atoms with Gasteiger partial charge in [-0.25, -0.2) is 0 Å². The Morgan fingerprint density at radius 1 is 1.09 bits per heavy atom. The summed E-state index contributed by atoms with van der Waals surface area (Å²) in [6.07, 6.45) is -0.730. The zero-order valence-electron chi connectivity index (χ0n) is 15.0. The molecule has 6 nitrogen and oxygen atoms in total. The average Bonchev–Trinajstić information content (AvgIpc) is 2.46. The second-order valence-electron chi connectivity index (χ2n) is 6.38. The van der Waals surface area contributed by atoms with Crippen molar-refractivity contribution in [2.24, 2.45) is 17.8 Å². The molecular weight excluding hydrogens is 300 g/mol. The van der Waals surface area contributed by atoms with E-state index in [-0.39, 0.29) is 49.0 Å². The summed E-state index contributed by atoms with van der Waals surface area (Å²) in [6, 6.07) is 0. The maximum absolute atomic E-state index is 11.5. The fraction of sp³-hybridized carbons (Fsp3) is 0.882. The highest BCUT2D eigenvalue weighted by molar-refractivity contribution is 5.69. The van der Waals surface area contributed by atoms with E-state index in [2.05, 4.69) is 20.8 Å². The topological polar surface area (TPSA) is 71.1 Å². The number of ether oxygens (including phenoxy) is 4. The minimum absolute atomic E-state index is 0.184. The van der Waals surface area contributed by atoms with E-state index >= 15 is 0 Å². The molecule has 4 unspecified atom stereocenters. The largest absolute Gasteiger partial charge is 0.466 e. The Balaban J connectivity index is 2.61. The van der Waals surface area contributed by atoms with Crippen LogP contribution in [0.4, 0.5) is 0 Å². The van der Waals surface area contributed by atoms with Gasteiger partial charge in [0.25, 0.3) is 0 Å². The summed E-state index contributed by atoms with van der Waals surface area (Å²) >= 11 is 0. The van der Waals surface area contributed by atoms with Crippen LogP contribution in [0.5, 0.6) is 0 Å². The minimum atomic E-state index is -0.425. The normalized spacial score (nSPS) is 32.2. The molecule has 0 saturated carbocycles. The molecule has 0 aliphatic carbocycles. The van der Waals surface area contributed by atoms with Crippen LogP contribution in [-0.4, -0.2) is 43.7 Å². The standard InChI is InChI=1S/C17H30O6/c1-7-20-16(19)8-10(2)22-17-13(5)11(3)12(4)15(23-17)9-21-14(6)18/h10-13,15,17H,7-9H2,1-6H3/t10?,11-,12+,13?,15?,17?/m0/s1. The molecule has 1 saturated heterocycles. The van der Waals surface area contributed by atoms with Gasteiger partial charge in [-0.15, -0.1) is 0 Å². The predicted octanol–water partition coefficient (Wildman–Crippen LogP) is 2.54. The molecule has 0 aromatic carbocycles. The van der Waals surface area contributed by atoms with Crippen LogP contribution in [-0.2, 0) is 28.5 Å². The van der Waals surface area contributed by atoms with Gasteiger partial charge < -0.3 is 18.9 Å². The molecule has 0 radical (unpaired) electrons. The third-order valence-corrected chi connectivity index (χ3v) is 4.56. The summed E-state index contributed by atoms with van der Waals surface area (Å²) in [7, 11) is 0. The summed E-state index contributed by atoms with van der Waals surface area (Å²) in [6.45, 7) is 11.9. The Hall–Kier alpha value is -1.14. The van der Waals surface area contributed by atoms with Gasteiger partial charge in [0.15, 0.2) is 6.29 Å². The average molecular weight is 330 g/mol. The van der Waals surface area contributed by atoms with Gasteiger partial charge in [-0.05, 0) is 25.7 Å². The lowest BCUT2D eigenvalue weighted by molar-refractivity contribution is -0.268. The summed E-state index contributed by atoms with van der Waals surface area (Å²) in [5.74, 6) is 0.193. The van der Waals surface area contributed by atoms with Gasteiger partial charge in [0.1, 0.15) is 6.61 Å². The van der Waals surface area contributed by atoms with E-state index in [0.717, 1.165) is 0 Å². The van der Waals surface area contributed by atoms with Crippen LogP contribution < -0.4 is 0 Å². The van der Waals surface area contributed by atoms with E-state index in [1.807, 2.05) is 6.92 Å². The number of esters is 2. The van der Waals surface area contributed by atoms with Crippen molar-refractivity contribution in [1.82, 2.24) is 0 Å². The third kappa shape index (κ3) is 6.11. The highest BCUT2D eigenvalue weighted by Gasteiger charge is 2.40. The monoisotopic (exact) mass is 330 g/mol. The van der Waals surface area contributed by atoms with Crippen molar-refractivity contribution in [3.63, 3.8) is 0 Å². The fourth-order valence-electron chi connectivity index (χ4n) is 2.76. The molecule has 6 heteroatoms. The van der Waals surface area contributed by atoms with Crippen LogP contribution in [0.1, 0.15) is 48.0 Å². The van der Waals surface area contributed by atoms with Gasteiger partial charge in [0, 0.05) is 12.8 Å². The lowest BCUT2D eigenvalue weighted by atomic mass is 9.79. The molecule has 1 aliphatic heterocycles. The second-order valence-corrected chi connectivity index (χ2v) is 6.38. The van der Waals surface area contributed by atoms with Gasteiger partial charge in [0.2, 0.25) is 0 Å². The minimum Gasteiger partial charge on any atom is -0.466 e. The first-order valence-corrected chi connectivity index (χ1v) is 8.36. The fourth-order valence-corrected chi connectivity index (χ4v) is 2.76. The van der Waals surface area contributed by atoms with Gasteiger partial charge in [-0.3, -0.25) is 9.59 Å². The Labute approximate surface area is 138 Å². The van der Waals surface area contributed by atoms with E-state index in [9.17, 15) is 9.59 Å². The predicted molar refractivity (Wildman–Crippen MR) is 84.6 cm³/mol. The molecular formula is C17H30O6. The zero-order valence-corrected chi connectivity index (χ0v) is 15.0. The smallest absolute Gasteiger partial charge is 0.308 e. The van der Waals surface area contributed by atoms with Crippen LogP contribution in [0, 0.1) is 17.8 Å². The Morgan fingerprint density at radius 2 is 1.74 bits per heavy atom. The molecule has 0 N–H and O–H groups in total. The molecule has 6 atom stereocenters. The summed E-state index contributed by atoms with van der Waals surface area (Å²) in [4.78, 5) is 22.6. The van der Waals surface area contributed by atoms with Crippen LogP contribution >= 0.6 is 0 Å². The molecule has 0 bridgehead atoms. The van der Waals surface area contributed by atoms with Crippen LogP contribution in [0.25, 0.3) is 0 Å². The van der Waals surface area contributed by atoms with E-state index in [1.165, 1.54) is 6.92 Å². The van der Waals surface area contributed by atoms with Gasteiger partial charge in [0.05, 0.1) is 25.2 Å². The molecule has 1 heterocycles. The number of carbonyl (C=O) groups excluding carboxylic acids is 2.